The highest BCUT2D eigenvalue weighted by Crippen LogP contribution is 2.24. The smallest absolute Gasteiger partial charge is 0.117 e. The van der Waals surface area contributed by atoms with Crippen LogP contribution in [0.2, 0.25) is 0 Å². The molecule has 1 fully saturated rings. The largest absolute Gasteiger partial charge is 0.372 e. The topological polar surface area (TPSA) is 16.1 Å². The van der Waals surface area contributed by atoms with E-state index in [0.717, 1.165) is 10.5 Å². The van der Waals surface area contributed by atoms with E-state index in [-0.39, 0.29) is 0 Å². The molecule has 110 valence electrons. The molecule has 0 saturated carbocycles. The molecule has 0 radical (unpaired) electrons. The summed E-state index contributed by atoms with van der Waals surface area (Å²) in [6.45, 7) is 2.39. The van der Waals surface area contributed by atoms with Gasteiger partial charge in [0, 0.05) is 18.8 Å². The summed E-state index contributed by atoms with van der Waals surface area (Å²) < 4.78 is 1.24. The number of hydrogen-bond donors (Lipinski definition) is 0. The van der Waals surface area contributed by atoms with Gasteiger partial charge in [0.1, 0.15) is 5.01 Å². The molecule has 0 amide bonds. The Morgan fingerprint density at radius 1 is 0.909 bits per heavy atom. The summed E-state index contributed by atoms with van der Waals surface area (Å²) in [5.74, 6) is 0. The quantitative estimate of drug-likeness (QED) is 0.672. The average molecular weight is 306 g/mol. The summed E-state index contributed by atoms with van der Waals surface area (Å²) in [5, 5.41) is 1.06. The van der Waals surface area contributed by atoms with E-state index >= 15 is 0 Å². The first-order valence-electron chi connectivity index (χ1n) is 7.77. The molecule has 0 spiro atoms. The van der Waals surface area contributed by atoms with Gasteiger partial charge in [0.25, 0.3) is 0 Å². The summed E-state index contributed by atoms with van der Waals surface area (Å²) in [7, 11) is 0. The van der Waals surface area contributed by atoms with E-state index in [1.165, 1.54) is 41.9 Å². The highest BCUT2D eigenvalue weighted by molar-refractivity contribution is 7.19. The second-order valence-electron chi connectivity index (χ2n) is 5.64. The lowest BCUT2D eigenvalue weighted by molar-refractivity contribution is 0.949. The van der Waals surface area contributed by atoms with Crippen molar-refractivity contribution in [2.45, 2.75) is 12.8 Å². The summed E-state index contributed by atoms with van der Waals surface area (Å²) in [4.78, 5) is 7.09. The Labute approximate surface area is 134 Å². The van der Waals surface area contributed by atoms with Gasteiger partial charge in [0.15, 0.2) is 0 Å². The number of fused-ring (bicyclic) bond motifs is 1. The summed E-state index contributed by atoms with van der Waals surface area (Å²) >= 11 is 1.73. The molecule has 22 heavy (non-hydrogen) atoms. The SMILES string of the molecule is C(=Cc1nc2ccccc2s1)c1ccc(N2CCCC2)cc1. The van der Waals surface area contributed by atoms with Crippen LogP contribution in [0.4, 0.5) is 5.69 Å². The molecule has 2 nitrogen and oxygen atoms in total. The Hall–Kier alpha value is -2.13. The van der Waals surface area contributed by atoms with Gasteiger partial charge < -0.3 is 4.90 Å². The van der Waals surface area contributed by atoms with Gasteiger partial charge in [-0.15, -0.1) is 11.3 Å². The third-order valence-electron chi connectivity index (χ3n) is 4.09. The fourth-order valence-electron chi connectivity index (χ4n) is 2.90. The molecule has 3 aromatic rings. The van der Waals surface area contributed by atoms with Crippen molar-refractivity contribution in [2.75, 3.05) is 18.0 Å². The molecule has 4 rings (SSSR count). The molecule has 1 saturated heterocycles. The molecule has 2 aromatic carbocycles. The molecule has 1 aliphatic heterocycles. The average Bonchev–Trinajstić information content (AvgIpc) is 3.22. The van der Waals surface area contributed by atoms with Gasteiger partial charge in [-0.3, -0.25) is 0 Å². The van der Waals surface area contributed by atoms with Crippen molar-refractivity contribution in [3.63, 3.8) is 0 Å². The normalized spacial score (nSPS) is 15.2. The maximum atomic E-state index is 4.63. The summed E-state index contributed by atoms with van der Waals surface area (Å²) in [6, 6.07) is 17.1. The van der Waals surface area contributed by atoms with Gasteiger partial charge in [-0.1, -0.05) is 30.3 Å². The van der Waals surface area contributed by atoms with Crippen LogP contribution in [0.1, 0.15) is 23.4 Å². The van der Waals surface area contributed by atoms with Crippen LogP contribution in [-0.2, 0) is 0 Å². The first-order chi connectivity index (χ1) is 10.9. The van der Waals surface area contributed by atoms with Crippen molar-refractivity contribution in [1.82, 2.24) is 4.98 Å². The predicted molar refractivity (Wildman–Crippen MR) is 96.4 cm³/mol. The zero-order valence-electron chi connectivity index (χ0n) is 12.4. The van der Waals surface area contributed by atoms with Crippen LogP contribution in [0.5, 0.6) is 0 Å². The van der Waals surface area contributed by atoms with Gasteiger partial charge in [-0.05, 0) is 48.7 Å². The van der Waals surface area contributed by atoms with E-state index in [4.69, 9.17) is 0 Å². The summed E-state index contributed by atoms with van der Waals surface area (Å²) in [5.41, 5.74) is 3.65. The first kappa shape index (κ1) is 13.5. The van der Waals surface area contributed by atoms with E-state index in [2.05, 4.69) is 64.5 Å². The van der Waals surface area contributed by atoms with Crippen LogP contribution in [-0.4, -0.2) is 18.1 Å². The Bertz CT molecular complexity index is 763. The standard InChI is InChI=1S/C19H18N2S/c1-2-6-18-17(5-1)20-19(22-18)12-9-15-7-10-16(11-8-15)21-13-3-4-14-21/h1-2,5-12H,3-4,13-14H2. The number of para-hydroxylation sites is 1. The zero-order valence-corrected chi connectivity index (χ0v) is 13.2. The lowest BCUT2D eigenvalue weighted by Crippen LogP contribution is -2.17. The molecule has 0 bridgehead atoms. The van der Waals surface area contributed by atoms with Gasteiger partial charge in [-0.25, -0.2) is 4.98 Å². The van der Waals surface area contributed by atoms with Crippen LogP contribution < -0.4 is 4.90 Å². The number of rotatable bonds is 3. The monoisotopic (exact) mass is 306 g/mol. The Morgan fingerprint density at radius 2 is 1.68 bits per heavy atom. The van der Waals surface area contributed by atoms with Crippen LogP contribution in [0.15, 0.2) is 48.5 Å². The lowest BCUT2D eigenvalue weighted by atomic mass is 10.2. The zero-order chi connectivity index (χ0) is 14.8. The fourth-order valence-corrected chi connectivity index (χ4v) is 3.77. The number of hydrogen-bond acceptors (Lipinski definition) is 3. The number of thiazole rings is 1. The van der Waals surface area contributed by atoms with Crippen LogP contribution in [0.3, 0.4) is 0 Å². The molecule has 0 aliphatic carbocycles. The van der Waals surface area contributed by atoms with Crippen LogP contribution in [0, 0.1) is 0 Å². The van der Waals surface area contributed by atoms with Crippen molar-refractivity contribution in [3.05, 3.63) is 59.1 Å². The Kier molecular flexibility index (Phi) is 3.65. The maximum Gasteiger partial charge on any atom is 0.117 e. The molecule has 0 atom stereocenters. The molecule has 3 heteroatoms. The van der Waals surface area contributed by atoms with Gasteiger partial charge in [0.2, 0.25) is 0 Å². The molecule has 2 heterocycles. The van der Waals surface area contributed by atoms with Gasteiger partial charge >= 0.3 is 0 Å². The predicted octanol–water partition coefficient (Wildman–Crippen LogP) is 5.07. The molecule has 1 aromatic heterocycles. The summed E-state index contributed by atoms with van der Waals surface area (Å²) in [6.07, 6.45) is 6.89. The minimum atomic E-state index is 1.06. The van der Waals surface area contributed by atoms with E-state index in [1.807, 2.05) is 6.07 Å². The van der Waals surface area contributed by atoms with E-state index in [0.29, 0.717) is 0 Å². The van der Waals surface area contributed by atoms with E-state index < -0.39 is 0 Å². The highest BCUT2D eigenvalue weighted by atomic mass is 32.1. The molecule has 0 unspecified atom stereocenters. The van der Waals surface area contributed by atoms with Crippen LogP contribution >= 0.6 is 11.3 Å². The minimum Gasteiger partial charge on any atom is -0.372 e. The lowest BCUT2D eigenvalue weighted by Gasteiger charge is -2.17. The highest BCUT2D eigenvalue weighted by Gasteiger charge is 2.11. The second-order valence-corrected chi connectivity index (χ2v) is 6.70. The molecule has 1 aliphatic rings. The van der Waals surface area contributed by atoms with Crippen molar-refractivity contribution in [3.8, 4) is 0 Å². The van der Waals surface area contributed by atoms with Gasteiger partial charge in [-0.2, -0.15) is 0 Å². The molecular weight excluding hydrogens is 288 g/mol. The minimum absolute atomic E-state index is 1.06. The van der Waals surface area contributed by atoms with Crippen molar-refractivity contribution in [1.29, 1.82) is 0 Å². The maximum absolute atomic E-state index is 4.63. The van der Waals surface area contributed by atoms with Gasteiger partial charge in [0.05, 0.1) is 10.2 Å². The number of aromatic nitrogens is 1. The number of nitrogens with zero attached hydrogens (tertiary/aromatic N) is 2. The number of benzene rings is 2. The van der Waals surface area contributed by atoms with E-state index in [1.54, 1.807) is 11.3 Å². The Morgan fingerprint density at radius 3 is 2.45 bits per heavy atom. The molecule has 0 N–H and O–H groups in total. The first-order valence-corrected chi connectivity index (χ1v) is 8.59. The van der Waals surface area contributed by atoms with Crippen molar-refractivity contribution < 1.29 is 0 Å². The third-order valence-corrected chi connectivity index (χ3v) is 5.09. The second kappa shape index (κ2) is 5.93. The number of anilines is 1. The van der Waals surface area contributed by atoms with Crippen LogP contribution in [0.25, 0.3) is 22.4 Å². The fraction of sp³-hybridized carbons (Fsp3) is 0.211. The molecular formula is C19H18N2S. The third kappa shape index (κ3) is 2.77. The van der Waals surface area contributed by atoms with Crippen molar-refractivity contribution in [2.24, 2.45) is 0 Å². The van der Waals surface area contributed by atoms with E-state index in [9.17, 15) is 0 Å². The Balaban J connectivity index is 1.52. The van der Waals surface area contributed by atoms with Crippen molar-refractivity contribution >= 4 is 39.4 Å².